The summed E-state index contributed by atoms with van der Waals surface area (Å²) >= 11 is 0. The van der Waals surface area contributed by atoms with E-state index < -0.39 is 18.1 Å². The summed E-state index contributed by atoms with van der Waals surface area (Å²) in [6.07, 6.45) is 0.877. The highest BCUT2D eigenvalue weighted by molar-refractivity contribution is 5.96. The summed E-state index contributed by atoms with van der Waals surface area (Å²) in [5.41, 5.74) is 2.42. The fourth-order valence-electron chi connectivity index (χ4n) is 4.50. The zero-order chi connectivity index (χ0) is 25.9. The first-order valence-corrected chi connectivity index (χ1v) is 12.4. The largest absolute Gasteiger partial charge is 0.508 e. The van der Waals surface area contributed by atoms with Crippen molar-refractivity contribution < 1.29 is 28.2 Å². The van der Waals surface area contributed by atoms with Crippen LogP contribution < -0.4 is 20.1 Å². The molecule has 2 aromatic rings. The van der Waals surface area contributed by atoms with Gasteiger partial charge in [-0.3, -0.25) is 4.79 Å². The number of benzene rings is 2. The van der Waals surface area contributed by atoms with E-state index in [0.717, 1.165) is 37.7 Å². The number of fused-ring (bicyclic) bond motifs is 1. The van der Waals surface area contributed by atoms with Gasteiger partial charge in [0, 0.05) is 31.0 Å². The predicted molar refractivity (Wildman–Crippen MR) is 135 cm³/mol. The van der Waals surface area contributed by atoms with Crippen LogP contribution in [0.25, 0.3) is 0 Å². The van der Waals surface area contributed by atoms with Gasteiger partial charge in [-0.1, -0.05) is 38.5 Å². The van der Waals surface area contributed by atoms with E-state index in [9.17, 15) is 18.7 Å². The van der Waals surface area contributed by atoms with Crippen molar-refractivity contribution >= 4 is 17.3 Å². The van der Waals surface area contributed by atoms with E-state index in [0.29, 0.717) is 41.4 Å². The molecule has 2 aliphatic rings. The van der Waals surface area contributed by atoms with Crippen LogP contribution in [0.15, 0.2) is 30.3 Å². The van der Waals surface area contributed by atoms with E-state index in [1.165, 1.54) is 18.2 Å². The van der Waals surface area contributed by atoms with Crippen molar-refractivity contribution in [2.24, 2.45) is 5.92 Å². The maximum Gasteiger partial charge on any atom is 0.394 e. The molecule has 0 saturated heterocycles. The van der Waals surface area contributed by atoms with E-state index in [1.807, 2.05) is 6.07 Å². The molecule has 0 radical (unpaired) electrons. The number of carbonyl (C=O) groups is 1. The van der Waals surface area contributed by atoms with Crippen LogP contribution in [0.2, 0.25) is 0 Å². The quantitative estimate of drug-likeness (QED) is 0.410. The number of carbonyl (C=O) groups excluding carboxylic acids is 1. The van der Waals surface area contributed by atoms with E-state index in [2.05, 4.69) is 41.1 Å². The van der Waals surface area contributed by atoms with Crippen LogP contribution in [0.1, 0.15) is 69.9 Å². The molecular formula is C28H32F2N2O4. The predicted octanol–water partition coefficient (Wildman–Crippen LogP) is 6.25. The lowest BCUT2D eigenvalue weighted by Gasteiger charge is -2.27. The van der Waals surface area contributed by atoms with Crippen molar-refractivity contribution in [3.8, 4) is 29.1 Å². The van der Waals surface area contributed by atoms with Gasteiger partial charge in [-0.05, 0) is 48.4 Å². The van der Waals surface area contributed by atoms with Gasteiger partial charge in [0.25, 0.3) is 5.91 Å². The number of rotatable bonds is 6. The van der Waals surface area contributed by atoms with Crippen molar-refractivity contribution in [1.29, 1.82) is 0 Å². The Labute approximate surface area is 210 Å². The number of nitrogens with one attached hydrogen (secondary N) is 2. The number of anilines is 2. The summed E-state index contributed by atoms with van der Waals surface area (Å²) in [7, 11) is 0. The second-order valence-electron chi connectivity index (χ2n) is 9.88. The molecule has 1 aliphatic carbocycles. The van der Waals surface area contributed by atoms with Crippen molar-refractivity contribution in [2.75, 3.05) is 17.2 Å². The lowest BCUT2D eigenvalue weighted by Crippen LogP contribution is -2.41. The minimum absolute atomic E-state index is 0.0114. The molecule has 36 heavy (non-hydrogen) atoms. The fraction of sp³-hybridized carbons (Fsp3) is 0.464. The first kappa shape index (κ1) is 25.6. The number of hydrogen-bond acceptors (Lipinski definition) is 5. The maximum atomic E-state index is 13.2. The van der Waals surface area contributed by atoms with Crippen LogP contribution in [0.4, 0.5) is 20.2 Å². The highest BCUT2D eigenvalue weighted by atomic mass is 19.3. The first-order chi connectivity index (χ1) is 17.1. The summed E-state index contributed by atoms with van der Waals surface area (Å²) in [6.45, 7) is 4.97. The first-order valence-electron chi connectivity index (χ1n) is 12.4. The third-order valence-electron chi connectivity index (χ3n) is 6.24. The Kier molecular flexibility index (Phi) is 7.58. The monoisotopic (exact) mass is 498 g/mol. The van der Waals surface area contributed by atoms with Gasteiger partial charge in [-0.25, -0.2) is 0 Å². The maximum absolute atomic E-state index is 13.2. The van der Waals surface area contributed by atoms with Gasteiger partial charge in [0.05, 0.1) is 17.9 Å². The lowest BCUT2D eigenvalue weighted by molar-refractivity contribution is -0.158. The van der Waals surface area contributed by atoms with Crippen molar-refractivity contribution in [3.05, 3.63) is 41.5 Å². The number of phenolic OH excluding ortho intramolecular Hbond substituents is 1. The van der Waals surface area contributed by atoms with Gasteiger partial charge in [0.2, 0.25) is 0 Å². The van der Waals surface area contributed by atoms with Crippen LogP contribution in [0.3, 0.4) is 0 Å². The molecule has 0 bridgehead atoms. The lowest BCUT2D eigenvalue weighted by atomic mass is 9.94. The number of hydrogen-bond donors (Lipinski definition) is 3. The molecular weight excluding hydrogens is 466 g/mol. The van der Waals surface area contributed by atoms with Gasteiger partial charge in [0.15, 0.2) is 6.10 Å². The second-order valence-corrected chi connectivity index (χ2v) is 9.88. The van der Waals surface area contributed by atoms with Crippen LogP contribution >= 0.6 is 0 Å². The molecule has 1 fully saturated rings. The summed E-state index contributed by atoms with van der Waals surface area (Å²) < 4.78 is 36.7. The van der Waals surface area contributed by atoms with Crippen molar-refractivity contribution in [1.82, 2.24) is 0 Å². The van der Waals surface area contributed by atoms with E-state index in [1.54, 1.807) is 6.07 Å². The number of alkyl halides is 2. The van der Waals surface area contributed by atoms with Crippen LogP contribution in [0, 0.1) is 17.8 Å². The highest BCUT2D eigenvalue weighted by Gasteiger charge is 2.29. The summed E-state index contributed by atoms with van der Waals surface area (Å²) in [5, 5.41) is 16.6. The zero-order valence-electron chi connectivity index (χ0n) is 20.8. The van der Waals surface area contributed by atoms with Gasteiger partial charge in [-0.2, -0.15) is 8.78 Å². The molecule has 4 rings (SSSR count). The summed E-state index contributed by atoms with van der Waals surface area (Å²) in [4.78, 5) is 13.1. The molecule has 1 amide bonds. The number of phenols is 1. The smallest absolute Gasteiger partial charge is 0.394 e. The topological polar surface area (TPSA) is 79.8 Å². The standard InChI is InChI=1S/C28H32F2N2O4/c1-17(2)7-6-10-19-13-21(18-8-4-5-9-18)24(33)15-22(19)32-27(34)26-16-31-23-14-20(36-28(3,29)30)11-12-25(23)35-26/h11-15,17-18,26,31,33H,4-5,7-9,16H2,1-3H3,(H,32,34). The van der Waals surface area contributed by atoms with Gasteiger partial charge >= 0.3 is 6.11 Å². The third kappa shape index (κ3) is 6.39. The number of amides is 1. The Bertz CT molecular complexity index is 1170. The molecule has 6 nitrogen and oxygen atoms in total. The molecule has 0 aromatic heterocycles. The Balaban J connectivity index is 1.52. The normalized spacial score (nSPS) is 17.4. The average molecular weight is 499 g/mol. The molecule has 1 heterocycles. The Hall–Kier alpha value is -3.47. The summed E-state index contributed by atoms with van der Waals surface area (Å²) in [5.74, 6) is 7.15. The molecule has 3 N–H and O–H groups in total. The molecule has 192 valence electrons. The minimum Gasteiger partial charge on any atom is -0.508 e. The van der Waals surface area contributed by atoms with E-state index in [4.69, 9.17) is 4.74 Å². The Morgan fingerprint density at radius 3 is 2.72 bits per heavy atom. The van der Waals surface area contributed by atoms with E-state index >= 15 is 0 Å². The van der Waals surface area contributed by atoms with Crippen molar-refractivity contribution in [2.45, 2.75) is 71.0 Å². The number of ether oxygens (including phenoxy) is 2. The zero-order valence-corrected chi connectivity index (χ0v) is 20.8. The van der Waals surface area contributed by atoms with Gasteiger partial charge < -0.3 is 25.2 Å². The Morgan fingerprint density at radius 2 is 2.03 bits per heavy atom. The molecule has 8 heteroatoms. The van der Waals surface area contributed by atoms with Gasteiger partial charge in [0.1, 0.15) is 17.2 Å². The second kappa shape index (κ2) is 10.7. The van der Waals surface area contributed by atoms with Crippen LogP contribution in [-0.4, -0.2) is 29.8 Å². The average Bonchev–Trinajstić information content (AvgIpc) is 3.33. The third-order valence-corrected chi connectivity index (χ3v) is 6.24. The van der Waals surface area contributed by atoms with E-state index in [-0.39, 0.29) is 18.0 Å². The fourth-order valence-corrected chi connectivity index (χ4v) is 4.50. The van der Waals surface area contributed by atoms with Gasteiger partial charge in [-0.15, -0.1) is 0 Å². The number of aromatic hydroxyl groups is 1. The summed E-state index contributed by atoms with van der Waals surface area (Å²) in [6, 6.07) is 7.72. The number of halogens is 2. The van der Waals surface area contributed by atoms with Crippen LogP contribution in [-0.2, 0) is 4.79 Å². The molecule has 1 saturated carbocycles. The molecule has 0 spiro atoms. The Morgan fingerprint density at radius 1 is 1.28 bits per heavy atom. The molecule has 1 unspecified atom stereocenters. The molecule has 1 atom stereocenters. The SMILES string of the molecule is CC(C)CC#Cc1cc(C2CCCC2)c(O)cc1NC(=O)C1CNc2cc(OC(C)(F)F)ccc2O1. The molecule has 2 aromatic carbocycles. The minimum atomic E-state index is -3.30. The highest BCUT2D eigenvalue weighted by Crippen LogP contribution is 2.41. The van der Waals surface area contributed by atoms with Crippen molar-refractivity contribution in [3.63, 3.8) is 0 Å². The molecule has 1 aliphatic heterocycles. The van der Waals surface area contributed by atoms with Crippen LogP contribution in [0.5, 0.6) is 17.2 Å².